The van der Waals surface area contributed by atoms with Gasteiger partial charge in [-0.15, -0.1) is 0 Å². The van der Waals surface area contributed by atoms with E-state index in [0.29, 0.717) is 25.1 Å². The number of ether oxygens (including phenoxy) is 1. The standard InChI is InChI=1S/C29H37NO4/c1-7-20-9-11-22(12-10-20)26(31)24-25(21-13-15-23(16-14-21)29(4,5)6)30(28(33)27(24)32)17-8-18-34-19(2)3/h9-16,19,25,31H,7-8,17-18H2,1-6H3/b26-24-. The van der Waals surface area contributed by atoms with Crippen molar-refractivity contribution in [3.05, 3.63) is 76.4 Å². The first-order valence-corrected chi connectivity index (χ1v) is 12.1. The molecule has 182 valence electrons. The minimum atomic E-state index is -0.647. The van der Waals surface area contributed by atoms with Gasteiger partial charge in [-0.1, -0.05) is 76.2 Å². The van der Waals surface area contributed by atoms with Gasteiger partial charge in [-0.05, 0) is 48.8 Å². The van der Waals surface area contributed by atoms with Gasteiger partial charge in [0, 0.05) is 18.7 Å². The lowest BCUT2D eigenvalue weighted by Crippen LogP contribution is -2.31. The normalized spacial score (nSPS) is 18.2. The summed E-state index contributed by atoms with van der Waals surface area (Å²) < 4.78 is 5.64. The van der Waals surface area contributed by atoms with Crippen LogP contribution in [-0.4, -0.2) is 41.0 Å². The summed E-state index contributed by atoms with van der Waals surface area (Å²) in [7, 11) is 0. The zero-order valence-corrected chi connectivity index (χ0v) is 21.2. The highest BCUT2D eigenvalue weighted by atomic mass is 16.5. The number of carbonyl (C=O) groups excluding carboxylic acids is 2. The van der Waals surface area contributed by atoms with Crippen molar-refractivity contribution in [1.29, 1.82) is 0 Å². The number of aliphatic hydroxyl groups excluding tert-OH is 1. The second-order valence-electron chi connectivity index (χ2n) is 10.2. The van der Waals surface area contributed by atoms with E-state index >= 15 is 0 Å². The fourth-order valence-electron chi connectivity index (χ4n) is 4.23. The number of ketones is 1. The van der Waals surface area contributed by atoms with Crippen molar-refractivity contribution < 1.29 is 19.4 Å². The minimum absolute atomic E-state index is 0.0183. The largest absolute Gasteiger partial charge is 0.507 e. The van der Waals surface area contributed by atoms with Gasteiger partial charge in [-0.3, -0.25) is 9.59 Å². The average Bonchev–Trinajstić information content (AvgIpc) is 3.05. The summed E-state index contributed by atoms with van der Waals surface area (Å²) >= 11 is 0. The van der Waals surface area contributed by atoms with Crippen molar-refractivity contribution in [3.8, 4) is 0 Å². The number of benzene rings is 2. The van der Waals surface area contributed by atoms with Crippen LogP contribution in [0, 0.1) is 0 Å². The van der Waals surface area contributed by atoms with E-state index in [4.69, 9.17) is 4.74 Å². The Bertz CT molecular complexity index is 1040. The van der Waals surface area contributed by atoms with Gasteiger partial charge in [0.1, 0.15) is 5.76 Å². The Morgan fingerprint density at radius 2 is 1.65 bits per heavy atom. The van der Waals surface area contributed by atoms with Crippen molar-refractivity contribution >= 4 is 17.4 Å². The maximum atomic E-state index is 13.2. The zero-order chi connectivity index (χ0) is 25.0. The average molecular weight is 464 g/mol. The molecule has 2 aromatic carbocycles. The van der Waals surface area contributed by atoms with Crippen molar-refractivity contribution in [1.82, 2.24) is 4.90 Å². The molecule has 1 aliphatic heterocycles. The Labute approximate surface area is 203 Å². The number of rotatable bonds is 8. The van der Waals surface area contributed by atoms with E-state index in [-0.39, 0.29) is 22.9 Å². The molecule has 1 aliphatic rings. The van der Waals surface area contributed by atoms with Crippen LogP contribution in [-0.2, 0) is 26.2 Å². The molecule has 34 heavy (non-hydrogen) atoms. The lowest BCUT2D eigenvalue weighted by atomic mass is 9.85. The van der Waals surface area contributed by atoms with Gasteiger partial charge in [0.15, 0.2) is 0 Å². The molecule has 1 fully saturated rings. The van der Waals surface area contributed by atoms with Gasteiger partial charge in [0.2, 0.25) is 0 Å². The van der Waals surface area contributed by atoms with E-state index < -0.39 is 17.7 Å². The van der Waals surface area contributed by atoms with E-state index in [1.807, 2.05) is 50.2 Å². The van der Waals surface area contributed by atoms with Crippen molar-refractivity contribution in [2.75, 3.05) is 13.2 Å². The topological polar surface area (TPSA) is 66.8 Å². The molecule has 1 amide bonds. The SMILES string of the molecule is CCc1ccc(/C(O)=C2/C(=O)C(=O)N(CCCOC(C)C)C2c2ccc(C(C)(C)C)cc2)cc1. The lowest BCUT2D eigenvalue weighted by molar-refractivity contribution is -0.140. The van der Waals surface area contributed by atoms with Gasteiger partial charge >= 0.3 is 0 Å². The zero-order valence-electron chi connectivity index (χ0n) is 21.2. The molecule has 1 atom stereocenters. The number of likely N-dealkylation sites (tertiary alicyclic amines) is 1. The molecule has 0 saturated carbocycles. The molecular weight excluding hydrogens is 426 g/mol. The Balaban J connectivity index is 2.04. The van der Waals surface area contributed by atoms with Gasteiger partial charge in [-0.2, -0.15) is 0 Å². The van der Waals surface area contributed by atoms with Gasteiger partial charge < -0.3 is 14.7 Å². The summed E-state index contributed by atoms with van der Waals surface area (Å²) in [4.78, 5) is 27.8. The first kappa shape index (κ1) is 25.7. The summed E-state index contributed by atoms with van der Waals surface area (Å²) in [5.74, 6) is -1.36. The number of aryl methyl sites for hydroxylation is 1. The summed E-state index contributed by atoms with van der Waals surface area (Å²) in [6.45, 7) is 13.3. The molecule has 5 heteroatoms. The van der Waals surface area contributed by atoms with Crippen LogP contribution < -0.4 is 0 Å². The summed E-state index contributed by atoms with van der Waals surface area (Å²) in [6, 6.07) is 14.8. The van der Waals surface area contributed by atoms with E-state index in [2.05, 4.69) is 27.7 Å². The van der Waals surface area contributed by atoms with Crippen LogP contribution in [0.25, 0.3) is 5.76 Å². The lowest BCUT2D eigenvalue weighted by Gasteiger charge is -2.26. The highest BCUT2D eigenvalue weighted by molar-refractivity contribution is 6.46. The first-order chi connectivity index (χ1) is 16.0. The van der Waals surface area contributed by atoms with Crippen LogP contribution in [0.3, 0.4) is 0 Å². The van der Waals surface area contributed by atoms with Crippen LogP contribution in [0.5, 0.6) is 0 Å². The molecule has 0 aliphatic carbocycles. The Hall–Kier alpha value is -2.92. The Morgan fingerprint density at radius 1 is 1.03 bits per heavy atom. The molecule has 0 bridgehead atoms. The molecule has 1 saturated heterocycles. The minimum Gasteiger partial charge on any atom is -0.507 e. The van der Waals surface area contributed by atoms with E-state index in [1.54, 1.807) is 17.0 Å². The molecule has 1 heterocycles. The Morgan fingerprint density at radius 3 is 2.18 bits per heavy atom. The molecule has 2 aromatic rings. The summed E-state index contributed by atoms with van der Waals surface area (Å²) in [5.41, 5.74) is 3.77. The first-order valence-electron chi connectivity index (χ1n) is 12.1. The summed E-state index contributed by atoms with van der Waals surface area (Å²) in [5, 5.41) is 11.2. The maximum Gasteiger partial charge on any atom is 0.295 e. The molecular formula is C29H37NO4. The third kappa shape index (κ3) is 5.58. The number of hydrogen-bond donors (Lipinski definition) is 1. The van der Waals surface area contributed by atoms with Crippen LogP contribution in [0.2, 0.25) is 0 Å². The number of aliphatic hydroxyl groups is 1. The quantitative estimate of drug-likeness (QED) is 0.233. The number of amides is 1. The third-order valence-corrected chi connectivity index (χ3v) is 6.26. The highest BCUT2D eigenvalue weighted by Crippen LogP contribution is 2.40. The second kappa shape index (κ2) is 10.6. The molecule has 3 rings (SSSR count). The van der Waals surface area contributed by atoms with Crippen LogP contribution in [0.15, 0.2) is 54.1 Å². The summed E-state index contributed by atoms with van der Waals surface area (Å²) in [6.07, 6.45) is 1.58. The fraction of sp³-hybridized carbons (Fsp3) is 0.448. The molecule has 0 aromatic heterocycles. The van der Waals surface area contributed by atoms with Crippen molar-refractivity contribution in [3.63, 3.8) is 0 Å². The van der Waals surface area contributed by atoms with Gasteiger partial charge in [0.25, 0.3) is 11.7 Å². The molecule has 1 N–H and O–H groups in total. The highest BCUT2D eigenvalue weighted by Gasteiger charge is 2.45. The Kier molecular flexibility index (Phi) is 7.98. The second-order valence-corrected chi connectivity index (χ2v) is 10.2. The van der Waals surface area contributed by atoms with E-state index in [0.717, 1.165) is 23.1 Å². The predicted molar refractivity (Wildman–Crippen MR) is 136 cm³/mol. The number of Topliss-reactive ketones (excluding diaryl/α,β-unsaturated/α-hetero) is 1. The maximum absolute atomic E-state index is 13.2. The van der Waals surface area contributed by atoms with E-state index in [1.165, 1.54) is 0 Å². The van der Waals surface area contributed by atoms with Crippen LogP contribution in [0.1, 0.15) is 76.3 Å². The third-order valence-electron chi connectivity index (χ3n) is 6.26. The number of hydrogen-bond acceptors (Lipinski definition) is 4. The monoisotopic (exact) mass is 463 g/mol. The van der Waals surface area contributed by atoms with Gasteiger partial charge in [0.05, 0.1) is 17.7 Å². The van der Waals surface area contributed by atoms with E-state index in [9.17, 15) is 14.7 Å². The number of nitrogens with zero attached hydrogens (tertiary/aromatic N) is 1. The van der Waals surface area contributed by atoms with Gasteiger partial charge in [-0.25, -0.2) is 0 Å². The molecule has 1 unspecified atom stereocenters. The van der Waals surface area contributed by atoms with Crippen molar-refractivity contribution in [2.24, 2.45) is 0 Å². The fourth-order valence-corrected chi connectivity index (χ4v) is 4.23. The molecule has 0 spiro atoms. The molecule has 5 nitrogen and oxygen atoms in total. The predicted octanol–water partition coefficient (Wildman–Crippen LogP) is 5.78. The number of carbonyl (C=O) groups is 2. The van der Waals surface area contributed by atoms with Crippen LogP contribution in [0.4, 0.5) is 0 Å². The smallest absolute Gasteiger partial charge is 0.295 e. The molecule has 0 radical (unpaired) electrons. The van der Waals surface area contributed by atoms with Crippen LogP contribution >= 0.6 is 0 Å². The van der Waals surface area contributed by atoms with Crippen molar-refractivity contribution in [2.45, 2.75) is 71.9 Å².